The van der Waals surface area contributed by atoms with E-state index >= 15 is 0 Å². The van der Waals surface area contributed by atoms with Gasteiger partial charge in [0, 0.05) is 67.6 Å². The predicted octanol–water partition coefficient (Wildman–Crippen LogP) is 3.16. The van der Waals surface area contributed by atoms with Crippen molar-refractivity contribution >= 4 is 28.3 Å². The second-order valence-corrected chi connectivity index (χ2v) is 10.9. The lowest BCUT2D eigenvalue weighted by Gasteiger charge is -2.54. The van der Waals surface area contributed by atoms with Crippen molar-refractivity contribution in [2.75, 3.05) is 18.0 Å². The van der Waals surface area contributed by atoms with E-state index in [0.717, 1.165) is 40.2 Å². The number of amides is 1. The van der Waals surface area contributed by atoms with Gasteiger partial charge in [-0.3, -0.25) is 19.7 Å². The second-order valence-electron chi connectivity index (χ2n) is 10.9. The number of nitro groups is 1. The molecule has 0 radical (unpaired) electrons. The number of carbonyl (C=O) groups excluding carboxylic acids is 1. The Morgan fingerprint density at radius 2 is 2.00 bits per heavy atom. The molecule has 2 aromatic heterocycles. The van der Waals surface area contributed by atoms with Crippen LogP contribution in [-0.2, 0) is 24.2 Å². The smallest absolute Gasteiger partial charge is 0.269 e. The standard InChI is InChI=1S/C29H28N6O4/c36-27-7-3-6-24-18-12-19(16-33(24)27)28-21(14-17-13-20(35(38)39)8-9-25(17)34(28)15-18)29(37)30-11-10-26-31-22-4-1-2-5-23(22)32-26/h1-9,13,18-19,21,28H,10-12,14-16H2,(H,30,37)(H,31,32)/t18-,19-,21+,28-/m0/s1. The highest BCUT2D eigenvalue weighted by molar-refractivity contribution is 5.82. The molecule has 5 heterocycles. The van der Waals surface area contributed by atoms with Crippen molar-refractivity contribution in [1.29, 1.82) is 0 Å². The van der Waals surface area contributed by atoms with Gasteiger partial charge in [-0.1, -0.05) is 18.2 Å². The third-order valence-corrected chi connectivity index (χ3v) is 8.64. The van der Waals surface area contributed by atoms with Gasteiger partial charge in [-0.25, -0.2) is 4.98 Å². The Bertz CT molecular complexity index is 1640. The maximum atomic E-state index is 13.7. The first-order chi connectivity index (χ1) is 19.0. The number of nitrogens with one attached hydrogen (secondary N) is 2. The number of hydrogen-bond donors (Lipinski definition) is 2. The van der Waals surface area contributed by atoms with E-state index in [1.807, 2.05) is 47.0 Å². The first-order valence-electron chi connectivity index (χ1n) is 13.4. The molecule has 0 unspecified atom stereocenters. The van der Waals surface area contributed by atoms with Gasteiger partial charge >= 0.3 is 0 Å². The summed E-state index contributed by atoms with van der Waals surface area (Å²) in [6, 6.07) is 18.1. The maximum Gasteiger partial charge on any atom is 0.269 e. The van der Waals surface area contributed by atoms with Crippen LogP contribution in [0.1, 0.15) is 29.4 Å². The predicted molar refractivity (Wildman–Crippen MR) is 146 cm³/mol. The molecule has 4 aromatic rings. The first-order valence-corrected chi connectivity index (χ1v) is 13.4. The summed E-state index contributed by atoms with van der Waals surface area (Å²) in [5.41, 5.74) is 4.69. The van der Waals surface area contributed by atoms with E-state index in [4.69, 9.17) is 0 Å². The van der Waals surface area contributed by atoms with Crippen molar-refractivity contribution in [3.8, 4) is 0 Å². The van der Waals surface area contributed by atoms with Crippen LogP contribution in [0.2, 0.25) is 0 Å². The number of pyridine rings is 1. The quantitative estimate of drug-likeness (QED) is 0.305. The number of nitro benzene ring substituents is 1. The number of nitrogens with zero attached hydrogens (tertiary/aromatic N) is 4. The molecule has 3 aliphatic heterocycles. The van der Waals surface area contributed by atoms with Gasteiger partial charge in [0.25, 0.3) is 11.2 Å². The number of hydrogen-bond acceptors (Lipinski definition) is 6. The number of aromatic amines is 1. The van der Waals surface area contributed by atoms with E-state index in [0.29, 0.717) is 32.5 Å². The van der Waals surface area contributed by atoms with Crippen LogP contribution >= 0.6 is 0 Å². The number of H-pyrrole nitrogens is 1. The van der Waals surface area contributed by atoms with Crippen LogP contribution in [0.3, 0.4) is 0 Å². The highest BCUT2D eigenvalue weighted by Crippen LogP contribution is 2.47. The van der Waals surface area contributed by atoms with Gasteiger partial charge < -0.3 is 19.8 Å². The third-order valence-electron chi connectivity index (χ3n) is 8.64. The Kier molecular flexibility index (Phi) is 5.50. The summed E-state index contributed by atoms with van der Waals surface area (Å²) in [5.74, 6) is 0.633. The molecule has 39 heavy (non-hydrogen) atoms. The third kappa shape index (κ3) is 3.98. The average Bonchev–Trinajstić information content (AvgIpc) is 3.35. The summed E-state index contributed by atoms with van der Waals surface area (Å²) < 4.78 is 1.87. The van der Waals surface area contributed by atoms with Gasteiger partial charge in [0.1, 0.15) is 5.82 Å². The van der Waals surface area contributed by atoms with E-state index in [1.165, 1.54) is 0 Å². The Labute approximate surface area is 223 Å². The van der Waals surface area contributed by atoms with E-state index in [1.54, 1.807) is 18.2 Å². The van der Waals surface area contributed by atoms with Gasteiger partial charge in [0.05, 0.1) is 21.9 Å². The Balaban J connectivity index is 1.18. The molecule has 3 aliphatic rings. The number of imidazole rings is 1. The lowest BCUT2D eigenvalue weighted by Crippen LogP contribution is -2.61. The fourth-order valence-electron chi connectivity index (χ4n) is 7.01. The fourth-order valence-corrected chi connectivity index (χ4v) is 7.01. The molecule has 7 rings (SSSR count). The van der Waals surface area contributed by atoms with Crippen LogP contribution in [0.5, 0.6) is 0 Å². The maximum absolute atomic E-state index is 13.7. The summed E-state index contributed by atoms with van der Waals surface area (Å²) in [7, 11) is 0. The van der Waals surface area contributed by atoms with E-state index in [9.17, 15) is 19.7 Å². The number of anilines is 1. The SMILES string of the molecule is O=C(NCCc1nc2ccccc2[nH]1)[C@@H]1Cc2cc([N+](=O)[O-])ccc2N2C[C@@H]3C[C@@H](Cn4c3cccc4=O)[C@@H]12. The minimum Gasteiger partial charge on any atom is -0.366 e. The molecule has 2 N–H and O–H groups in total. The summed E-state index contributed by atoms with van der Waals surface area (Å²) >= 11 is 0. The number of non-ortho nitro benzene ring substituents is 1. The monoisotopic (exact) mass is 524 g/mol. The summed E-state index contributed by atoms with van der Waals surface area (Å²) in [4.78, 5) is 47.8. The summed E-state index contributed by atoms with van der Waals surface area (Å²) in [5, 5.41) is 14.6. The van der Waals surface area contributed by atoms with Gasteiger partial charge in [-0.2, -0.15) is 0 Å². The number of rotatable bonds is 5. The summed E-state index contributed by atoms with van der Waals surface area (Å²) in [6.45, 7) is 1.66. The molecule has 2 bridgehead atoms. The molecule has 10 heteroatoms. The van der Waals surface area contributed by atoms with Gasteiger partial charge in [-0.15, -0.1) is 0 Å². The molecular weight excluding hydrogens is 496 g/mol. The van der Waals surface area contributed by atoms with E-state index in [-0.39, 0.29) is 45.9 Å². The molecule has 1 fully saturated rings. The van der Waals surface area contributed by atoms with Crippen molar-refractivity contribution in [2.45, 2.75) is 37.8 Å². The molecule has 10 nitrogen and oxygen atoms in total. The van der Waals surface area contributed by atoms with Crippen LogP contribution < -0.4 is 15.8 Å². The van der Waals surface area contributed by atoms with Gasteiger partial charge in [-0.05, 0) is 48.6 Å². The lowest BCUT2D eigenvalue weighted by molar-refractivity contribution is -0.384. The van der Waals surface area contributed by atoms with E-state index < -0.39 is 0 Å². The Morgan fingerprint density at radius 1 is 1.13 bits per heavy atom. The van der Waals surface area contributed by atoms with Crippen molar-refractivity contribution in [2.24, 2.45) is 11.8 Å². The van der Waals surface area contributed by atoms with Gasteiger partial charge in [0.15, 0.2) is 0 Å². The molecule has 0 spiro atoms. The zero-order chi connectivity index (χ0) is 26.7. The minimum absolute atomic E-state index is 0.00526. The van der Waals surface area contributed by atoms with Crippen LogP contribution in [-0.4, -0.2) is 44.5 Å². The molecule has 198 valence electrons. The molecule has 2 aromatic carbocycles. The van der Waals surface area contributed by atoms with Crippen LogP contribution in [0.4, 0.5) is 11.4 Å². The number of fused-ring (bicyclic) bond motifs is 9. The minimum atomic E-state index is -0.387. The molecule has 1 saturated heterocycles. The lowest BCUT2D eigenvalue weighted by atomic mass is 9.70. The zero-order valence-electron chi connectivity index (χ0n) is 21.2. The zero-order valence-corrected chi connectivity index (χ0v) is 21.2. The van der Waals surface area contributed by atoms with Crippen molar-refractivity contribution in [1.82, 2.24) is 19.9 Å². The second kappa shape index (κ2) is 9.07. The van der Waals surface area contributed by atoms with Crippen molar-refractivity contribution < 1.29 is 9.72 Å². The highest BCUT2D eigenvalue weighted by atomic mass is 16.6. The largest absolute Gasteiger partial charge is 0.366 e. The molecule has 1 amide bonds. The molecule has 4 atom stereocenters. The summed E-state index contributed by atoms with van der Waals surface area (Å²) in [6.07, 6.45) is 1.90. The number of benzene rings is 2. The van der Waals surface area contributed by atoms with Crippen LogP contribution in [0.15, 0.2) is 65.5 Å². The Hall–Kier alpha value is -4.47. The van der Waals surface area contributed by atoms with Crippen LogP contribution in [0, 0.1) is 22.0 Å². The first kappa shape index (κ1) is 23.6. The fraction of sp³-hybridized carbons (Fsp3) is 0.345. The van der Waals surface area contributed by atoms with Gasteiger partial charge in [0.2, 0.25) is 5.91 Å². The van der Waals surface area contributed by atoms with Crippen molar-refractivity contribution in [3.05, 3.63) is 98.2 Å². The Morgan fingerprint density at radius 3 is 2.85 bits per heavy atom. The molecular formula is C29H28N6O4. The number of aromatic nitrogens is 3. The normalized spacial score (nSPS) is 23.0. The number of piperidine rings is 1. The number of para-hydroxylation sites is 2. The number of carbonyl (C=O) groups is 1. The molecule has 0 aliphatic carbocycles. The van der Waals surface area contributed by atoms with Crippen LogP contribution in [0.25, 0.3) is 11.0 Å². The van der Waals surface area contributed by atoms with E-state index in [2.05, 4.69) is 20.2 Å². The topological polar surface area (TPSA) is 126 Å². The average molecular weight is 525 g/mol. The molecule has 0 saturated carbocycles. The van der Waals surface area contributed by atoms with Crippen molar-refractivity contribution in [3.63, 3.8) is 0 Å². The highest BCUT2D eigenvalue weighted by Gasteiger charge is 2.49.